The number of aliphatic hydroxyl groups is 2. The second-order valence-corrected chi connectivity index (χ2v) is 15.5. The molecule has 4 heterocycles. The summed E-state index contributed by atoms with van der Waals surface area (Å²) in [7, 11) is 0. The third kappa shape index (κ3) is 13.3. The van der Waals surface area contributed by atoms with Crippen LogP contribution in [0, 0.1) is 38.8 Å². The average molecular weight is 899 g/mol. The molecular formula is C47H54BN13NaO4. The van der Waals surface area contributed by atoms with Crippen LogP contribution < -0.4 is 51.7 Å². The van der Waals surface area contributed by atoms with E-state index in [1.807, 2.05) is 99.2 Å². The molecule has 1 unspecified atom stereocenters. The molecule has 6 rings (SSSR count). The van der Waals surface area contributed by atoms with Gasteiger partial charge in [-0.25, -0.2) is 31.4 Å². The third-order valence-electron chi connectivity index (χ3n) is 9.97. The van der Waals surface area contributed by atoms with Gasteiger partial charge in [0.05, 0.1) is 23.8 Å². The largest absolute Gasteiger partial charge is 1.00 e. The summed E-state index contributed by atoms with van der Waals surface area (Å²) in [6, 6.07) is 14.9. The molecule has 0 aliphatic carbocycles. The molecule has 335 valence electrons. The summed E-state index contributed by atoms with van der Waals surface area (Å²) >= 11 is 0. The van der Waals surface area contributed by atoms with Gasteiger partial charge in [0, 0.05) is 69.3 Å². The van der Waals surface area contributed by atoms with Gasteiger partial charge in [0.25, 0.3) is 11.6 Å². The van der Waals surface area contributed by atoms with Crippen LogP contribution in [0.5, 0.6) is 0 Å². The van der Waals surface area contributed by atoms with Crippen LogP contribution in [-0.4, -0.2) is 90.8 Å². The van der Waals surface area contributed by atoms with E-state index in [1.165, 1.54) is 12.7 Å². The Balaban J connectivity index is 0.000000425. The van der Waals surface area contributed by atoms with Crippen LogP contribution in [0.4, 0.5) is 11.6 Å². The molecule has 0 saturated heterocycles. The zero-order valence-electron chi connectivity index (χ0n) is 38.5. The summed E-state index contributed by atoms with van der Waals surface area (Å²) in [6.45, 7) is 32.3. The van der Waals surface area contributed by atoms with Crippen molar-refractivity contribution in [2.24, 2.45) is 0 Å². The predicted octanol–water partition coefficient (Wildman–Crippen LogP) is 2.60. The van der Waals surface area contributed by atoms with E-state index in [-0.39, 0.29) is 81.3 Å². The molecule has 3 radical (unpaired) electrons. The molecule has 2 amide bonds. The fraction of sp³-hybridized carbons (Fsp3) is 0.340. The van der Waals surface area contributed by atoms with Crippen LogP contribution >= 0.6 is 0 Å². The van der Waals surface area contributed by atoms with Crippen molar-refractivity contribution in [2.75, 3.05) is 24.7 Å². The maximum absolute atomic E-state index is 12.7. The predicted molar refractivity (Wildman–Crippen MR) is 254 cm³/mol. The Labute approximate surface area is 409 Å². The Morgan fingerprint density at radius 1 is 0.758 bits per heavy atom. The maximum atomic E-state index is 12.7. The number of aliphatic hydroxyl groups excluding tert-OH is 2. The van der Waals surface area contributed by atoms with Crippen molar-refractivity contribution in [2.45, 2.75) is 92.0 Å². The van der Waals surface area contributed by atoms with Crippen LogP contribution in [0.1, 0.15) is 63.1 Å². The molecular weight excluding hydrogens is 844 g/mol. The monoisotopic (exact) mass is 898 g/mol. The Kier molecular flexibility index (Phi) is 22.2. The fourth-order valence-electron chi connectivity index (χ4n) is 7.16. The molecule has 4 aromatic heterocycles. The third-order valence-corrected chi connectivity index (χ3v) is 9.97. The number of nitrogens with zero attached hydrogens (tertiary/aromatic N) is 9. The summed E-state index contributed by atoms with van der Waals surface area (Å²) in [4.78, 5) is 49.6. The smallest absolute Gasteiger partial charge is 0.512 e. The standard InChI is InChI=1S/C23H28N6O2.C23H26N6O2.CN.B.Na/c2*1-14(2)28-23(31)17(25-4)12-18-19(16-8-6-15(3)7-9-16)20-21(24)26-13-27-22(20)29(18)10-5-11-30;1-2;;/h6-9,13-14,17,30H,5,10-12H2,1-3H3,(H,28,31)(H2,24,26,27);6-9,12-14,30H,5,10-11H2,1-3H3,(H,28,31)(H2,24,26,27);;;/q;;-1;;+1/b;17-12-;;;. The Hall–Kier alpha value is -6.59. The summed E-state index contributed by atoms with van der Waals surface area (Å²) in [6.07, 6.45) is 5.56. The number of benzene rings is 2. The van der Waals surface area contributed by atoms with Gasteiger partial charge in [-0.2, -0.15) is 0 Å². The molecule has 0 spiro atoms. The van der Waals surface area contributed by atoms with Crippen LogP contribution in [-0.2, 0) is 29.1 Å². The van der Waals surface area contributed by atoms with Crippen molar-refractivity contribution >= 4 is 60.0 Å². The number of fused-ring (bicyclic) bond motifs is 2. The van der Waals surface area contributed by atoms with Crippen LogP contribution in [0.3, 0.4) is 0 Å². The first kappa shape index (κ1) is 55.5. The average Bonchev–Trinajstić information content (AvgIpc) is 3.76. The van der Waals surface area contributed by atoms with Crippen molar-refractivity contribution in [3.05, 3.63) is 119 Å². The van der Waals surface area contributed by atoms with E-state index in [9.17, 15) is 19.8 Å². The van der Waals surface area contributed by atoms with Crippen LogP contribution in [0.25, 0.3) is 60.1 Å². The molecule has 0 bridgehead atoms. The number of carbonyl (C=O) groups excluding carboxylic acids is 2. The molecule has 6 aromatic rings. The first-order valence-electron chi connectivity index (χ1n) is 20.6. The van der Waals surface area contributed by atoms with Crippen LogP contribution in [0.15, 0.2) is 66.9 Å². The van der Waals surface area contributed by atoms with Crippen molar-refractivity contribution in [3.63, 3.8) is 0 Å². The maximum Gasteiger partial charge on any atom is 1.00 e. The van der Waals surface area contributed by atoms with Gasteiger partial charge >= 0.3 is 41.5 Å². The number of aryl methyl sites for hydroxylation is 4. The van der Waals surface area contributed by atoms with Crippen molar-refractivity contribution < 1.29 is 49.4 Å². The number of nitrogen functional groups attached to an aromatic ring is 2. The summed E-state index contributed by atoms with van der Waals surface area (Å²) in [5, 5.41) is 32.1. The van der Waals surface area contributed by atoms with Gasteiger partial charge in [0.15, 0.2) is 0 Å². The Morgan fingerprint density at radius 2 is 1.21 bits per heavy atom. The zero-order valence-corrected chi connectivity index (χ0v) is 40.5. The number of nitrogens with two attached hydrogens (primary N) is 2. The molecule has 0 saturated carbocycles. The molecule has 66 heavy (non-hydrogen) atoms. The first-order chi connectivity index (χ1) is 30.7. The van der Waals surface area contributed by atoms with E-state index >= 15 is 0 Å². The first-order valence-corrected chi connectivity index (χ1v) is 20.6. The Morgan fingerprint density at radius 3 is 1.67 bits per heavy atom. The number of hydrogen-bond acceptors (Lipinski definition) is 11. The second-order valence-electron chi connectivity index (χ2n) is 15.5. The van der Waals surface area contributed by atoms with E-state index in [2.05, 4.69) is 40.3 Å². The molecule has 0 aliphatic heterocycles. The minimum atomic E-state index is -0.891. The number of nitrogens with one attached hydrogen (secondary N) is 2. The number of rotatable bonds is 15. The minimum absolute atomic E-state index is 0. The van der Waals surface area contributed by atoms with E-state index in [0.29, 0.717) is 65.3 Å². The van der Waals surface area contributed by atoms with E-state index in [1.54, 1.807) is 6.08 Å². The van der Waals surface area contributed by atoms with Crippen molar-refractivity contribution in [1.29, 1.82) is 5.26 Å². The molecule has 8 N–H and O–H groups in total. The SMILES string of the molecule is [B].[C-]#N.[C-]#[N+]/C(=C\c1c(-c2ccc(C)cc2)c2c(N)ncnc2n1CCCO)C(=O)NC(C)C.[C-]#[N+]C(Cc1c(-c2ccc(C)cc2)c2c(N)ncnc2n1CCCO)C(=O)NC(C)C.[Na+]. The molecule has 0 aliphatic rings. The Bertz CT molecular complexity index is 2710. The second kappa shape index (κ2) is 26.4. The van der Waals surface area contributed by atoms with Crippen molar-refractivity contribution in [3.8, 4) is 22.3 Å². The van der Waals surface area contributed by atoms with Gasteiger partial charge in [0.2, 0.25) is 0 Å². The topological polar surface area (TPSA) is 245 Å². The zero-order chi connectivity index (χ0) is 47.1. The normalized spacial score (nSPS) is 11.2. The number of aromatic nitrogens is 6. The summed E-state index contributed by atoms with van der Waals surface area (Å²) < 4.78 is 3.84. The molecule has 19 heteroatoms. The number of carbonyl (C=O) groups is 2. The minimum Gasteiger partial charge on any atom is -0.512 e. The van der Waals surface area contributed by atoms with Crippen molar-refractivity contribution in [1.82, 2.24) is 39.7 Å². The van der Waals surface area contributed by atoms with Gasteiger partial charge in [-0.15, -0.1) is 0 Å². The van der Waals surface area contributed by atoms with Gasteiger partial charge in [0.1, 0.15) is 35.6 Å². The molecule has 17 nitrogen and oxygen atoms in total. The number of anilines is 2. The van der Waals surface area contributed by atoms with Gasteiger partial charge in [-0.1, -0.05) is 59.7 Å². The summed E-state index contributed by atoms with van der Waals surface area (Å²) in [5.74, 6) is -0.0970. The molecule has 1 atom stereocenters. The molecule has 0 fully saturated rings. The summed E-state index contributed by atoms with van der Waals surface area (Å²) in [5.41, 5.74) is 20.7. The van der Waals surface area contributed by atoms with E-state index in [4.69, 9.17) is 36.4 Å². The fourth-order valence-corrected chi connectivity index (χ4v) is 7.16. The van der Waals surface area contributed by atoms with Crippen LogP contribution in [0.2, 0.25) is 0 Å². The molecule has 2 aromatic carbocycles. The van der Waals surface area contributed by atoms with E-state index in [0.717, 1.165) is 39.1 Å². The quantitative estimate of drug-likeness (QED) is 0.0497. The van der Waals surface area contributed by atoms with Gasteiger partial charge < -0.3 is 58.1 Å². The van der Waals surface area contributed by atoms with E-state index < -0.39 is 11.9 Å². The van der Waals surface area contributed by atoms with Gasteiger partial charge in [-0.3, -0.25) is 9.59 Å². The number of amides is 2. The van der Waals surface area contributed by atoms with Gasteiger partial charge in [-0.05, 0) is 71.6 Å². The number of hydrogen-bond donors (Lipinski definition) is 6.